The molecule has 2 rings (SSSR count). The number of rotatable bonds is 6. The molecule has 0 spiro atoms. The molecule has 0 bridgehead atoms. The van der Waals surface area contributed by atoms with Gasteiger partial charge in [0, 0.05) is 24.2 Å². The third-order valence-electron chi connectivity index (χ3n) is 4.92. The van der Waals surface area contributed by atoms with E-state index in [9.17, 15) is 0 Å². The van der Waals surface area contributed by atoms with Gasteiger partial charge in [-0.25, -0.2) is 0 Å². The largest absolute Gasteiger partial charge is 0.316 e. The molecule has 21 heavy (non-hydrogen) atoms. The van der Waals surface area contributed by atoms with Crippen LogP contribution >= 0.6 is 11.6 Å². The van der Waals surface area contributed by atoms with E-state index in [2.05, 4.69) is 43.2 Å². The Hall–Kier alpha value is -0.570. The smallest absolute Gasteiger partial charge is 0.0409 e. The predicted octanol–water partition coefficient (Wildman–Crippen LogP) is 4.50. The van der Waals surface area contributed by atoms with E-state index in [0.29, 0.717) is 11.5 Å². The highest BCUT2D eigenvalue weighted by Gasteiger charge is 2.33. The van der Waals surface area contributed by atoms with E-state index in [4.69, 9.17) is 11.6 Å². The maximum absolute atomic E-state index is 6.13. The zero-order valence-electron chi connectivity index (χ0n) is 13.7. The average molecular weight is 309 g/mol. The molecule has 2 atom stereocenters. The summed E-state index contributed by atoms with van der Waals surface area (Å²) in [5.74, 6) is 0. The summed E-state index contributed by atoms with van der Waals surface area (Å²) in [6.07, 6.45) is 5.23. The number of nitrogens with zero attached hydrogens (tertiary/aromatic N) is 1. The number of piperidine rings is 1. The summed E-state index contributed by atoms with van der Waals surface area (Å²) in [7, 11) is 2.25. The van der Waals surface area contributed by atoms with Gasteiger partial charge >= 0.3 is 0 Å². The molecule has 0 radical (unpaired) electrons. The normalized spacial score (nSPS) is 24.2. The van der Waals surface area contributed by atoms with Gasteiger partial charge in [-0.1, -0.05) is 37.1 Å². The average Bonchev–Trinajstić information content (AvgIpc) is 2.47. The predicted molar refractivity (Wildman–Crippen MR) is 91.9 cm³/mol. The molecule has 118 valence electrons. The van der Waals surface area contributed by atoms with E-state index in [1.807, 2.05) is 12.1 Å². The Morgan fingerprint density at radius 1 is 1.43 bits per heavy atom. The Kier molecular flexibility index (Phi) is 6.09. The van der Waals surface area contributed by atoms with Crippen molar-refractivity contribution < 1.29 is 0 Å². The van der Waals surface area contributed by atoms with Crippen LogP contribution in [0.15, 0.2) is 24.3 Å². The molecule has 3 heteroatoms. The molecule has 1 aromatic carbocycles. The van der Waals surface area contributed by atoms with Crippen molar-refractivity contribution in [2.75, 3.05) is 26.7 Å². The van der Waals surface area contributed by atoms with Crippen molar-refractivity contribution in [3.63, 3.8) is 0 Å². The first-order valence-electron chi connectivity index (χ1n) is 8.23. The van der Waals surface area contributed by atoms with Gasteiger partial charge in [0.2, 0.25) is 0 Å². The van der Waals surface area contributed by atoms with E-state index in [1.165, 1.54) is 37.8 Å². The van der Waals surface area contributed by atoms with Gasteiger partial charge in [0.1, 0.15) is 0 Å². The quantitative estimate of drug-likeness (QED) is 0.832. The summed E-state index contributed by atoms with van der Waals surface area (Å²) in [4.78, 5) is 2.49. The van der Waals surface area contributed by atoms with E-state index >= 15 is 0 Å². The van der Waals surface area contributed by atoms with Crippen molar-refractivity contribution in [1.82, 2.24) is 10.2 Å². The third-order valence-corrected chi connectivity index (χ3v) is 5.15. The van der Waals surface area contributed by atoms with Crippen LogP contribution in [0.2, 0.25) is 5.02 Å². The lowest BCUT2D eigenvalue weighted by atomic mass is 9.76. The van der Waals surface area contributed by atoms with E-state index in [-0.39, 0.29) is 0 Å². The molecule has 1 heterocycles. The Labute approximate surface area is 134 Å². The highest BCUT2D eigenvalue weighted by molar-refractivity contribution is 6.30. The number of hydrogen-bond acceptors (Lipinski definition) is 2. The van der Waals surface area contributed by atoms with Crippen LogP contribution in [0.4, 0.5) is 0 Å². The maximum Gasteiger partial charge on any atom is 0.0409 e. The van der Waals surface area contributed by atoms with E-state index in [0.717, 1.165) is 18.1 Å². The molecular formula is C18H29ClN2. The second-order valence-corrected chi connectivity index (χ2v) is 7.11. The number of nitrogens with one attached hydrogen (secondary N) is 1. The van der Waals surface area contributed by atoms with Crippen LogP contribution < -0.4 is 5.32 Å². The maximum atomic E-state index is 6.13. The summed E-state index contributed by atoms with van der Waals surface area (Å²) in [5, 5.41) is 4.43. The molecule has 1 aliphatic heterocycles. The molecule has 2 unspecified atom stereocenters. The second-order valence-electron chi connectivity index (χ2n) is 6.68. The summed E-state index contributed by atoms with van der Waals surface area (Å²) in [6, 6.07) is 8.67. The SMILES string of the molecule is CCCC1(CN(C)C(C)c2cccc(Cl)c2)CCCNC1. The molecule has 0 saturated carbocycles. The van der Waals surface area contributed by atoms with Gasteiger partial charge in [0.15, 0.2) is 0 Å². The van der Waals surface area contributed by atoms with Crippen molar-refractivity contribution >= 4 is 11.6 Å². The molecular weight excluding hydrogens is 280 g/mol. The lowest BCUT2D eigenvalue weighted by Crippen LogP contribution is -2.47. The van der Waals surface area contributed by atoms with Gasteiger partial charge in [-0.2, -0.15) is 0 Å². The first-order valence-corrected chi connectivity index (χ1v) is 8.60. The molecule has 1 aliphatic rings. The van der Waals surface area contributed by atoms with Crippen LogP contribution in [-0.2, 0) is 0 Å². The van der Waals surface area contributed by atoms with Crippen LogP contribution in [-0.4, -0.2) is 31.6 Å². The molecule has 0 aromatic heterocycles. The van der Waals surface area contributed by atoms with Gasteiger partial charge in [0.05, 0.1) is 0 Å². The topological polar surface area (TPSA) is 15.3 Å². The number of halogens is 1. The fourth-order valence-electron chi connectivity index (χ4n) is 3.67. The van der Waals surface area contributed by atoms with Gasteiger partial charge in [-0.05, 0) is 62.9 Å². The molecule has 0 amide bonds. The molecule has 2 nitrogen and oxygen atoms in total. The minimum Gasteiger partial charge on any atom is -0.316 e. The Morgan fingerprint density at radius 2 is 2.24 bits per heavy atom. The van der Waals surface area contributed by atoms with Gasteiger partial charge in [-0.3, -0.25) is 4.90 Å². The minimum absolute atomic E-state index is 0.402. The Morgan fingerprint density at radius 3 is 2.86 bits per heavy atom. The van der Waals surface area contributed by atoms with Gasteiger partial charge in [0.25, 0.3) is 0 Å². The summed E-state index contributed by atoms with van der Waals surface area (Å²) in [6.45, 7) is 8.08. The van der Waals surface area contributed by atoms with E-state index in [1.54, 1.807) is 0 Å². The first-order chi connectivity index (χ1) is 10.1. The lowest BCUT2D eigenvalue weighted by Gasteiger charge is -2.42. The molecule has 1 fully saturated rings. The summed E-state index contributed by atoms with van der Waals surface area (Å²) < 4.78 is 0. The van der Waals surface area contributed by atoms with Crippen LogP contribution in [0.5, 0.6) is 0 Å². The van der Waals surface area contributed by atoms with Crippen molar-refractivity contribution in [3.05, 3.63) is 34.9 Å². The fraction of sp³-hybridized carbons (Fsp3) is 0.667. The van der Waals surface area contributed by atoms with E-state index < -0.39 is 0 Å². The van der Waals surface area contributed by atoms with Crippen molar-refractivity contribution in [2.45, 2.75) is 45.6 Å². The number of hydrogen-bond donors (Lipinski definition) is 1. The van der Waals surface area contributed by atoms with Crippen LogP contribution in [0.3, 0.4) is 0 Å². The standard InChI is InChI=1S/C18H29ClN2/c1-4-9-18(10-6-11-20-13-18)14-21(3)15(2)16-7-5-8-17(19)12-16/h5,7-8,12,15,20H,4,6,9-11,13-14H2,1-3H3. The Balaban J connectivity index is 2.05. The highest BCUT2D eigenvalue weighted by Crippen LogP contribution is 2.34. The van der Waals surface area contributed by atoms with Gasteiger partial charge in [-0.15, -0.1) is 0 Å². The minimum atomic E-state index is 0.402. The van der Waals surface area contributed by atoms with Crippen molar-refractivity contribution in [3.8, 4) is 0 Å². The Bertz CT molecular complexity index is 435. The highest BCUT2D eigenvalue weighted by atomic mass is 35.5. The molecule has 1 aromatic rings. The zero-order valence-corrected chi connectivity index (χ0v) is 14.4. The van der Waals surface area contributed by atoms with Crippen molar-refractivity contribution in [1.29, 1.82) is 0 Å². The number of benzene rings is 1. The molecule has 1 N–H and O–H groups in total. The molecule has 0 aliphatic carbocycles. The van der Waals surface area contributed by atoms with Crippen LogP contribution in [0.25, 0.3) is 0 Å². The third kappa shape index (κ3) is 4.45. The summed E-state index contributed by atoms with van der Waals surface area (Å²) in [5.41, 5.74) is 1.75. The lowest BCUT2D eigenvalue weighted by molar-refractivity contribution is 0.101. The second kappa shape index (κ2) is 7.62. The summed E-state index contributed by atoms with van der Waals surface area (Å²) >= 11 is 6.13. The fourth-order valence-corrected chi connectivity index (χ4v) is 3.87. The van der Waals surface area contributed by atoms with Crippen LogP contribution in [0.1, 0.15) is 51.1 Å². The van der Waals surface area contributed by atoms with Crippen LogP contribution in [0, 0.1) is 5.41 Å². The zero-order chi connectivity index (χ0) is 15.3. The molecule has 1 saturated heterocycles. The first kappa shape index (κ1) is 16.8. The van der Waals surface area contributed by atoms with Crippen molar-refractivity contribution in [2.24, 2.45) is 5.41 Å². The van der Waals surface area contributed by atoms with Gasteiger partial charge < -0.3 is 5.32 Å². The monoisotopic (exact) mass is 308 g/mol.